The van der Waals surface area contributed by atoms with Crippen molar-refractivity contribution in [2.24, 2.45) is 12.8 Å². The first-order valence-electron chi connectivity index (χ1n) is 6.50. The first-order valence-corrected chi connectivity index (χ1v) is 6.88. The van der Waals surface area contributed by atoms with E-state index in [-0.39, 0.29) is 6.04 Å². The highest BCUT2D eigenvalue weighted by Crippen LogP contribution is 2.26. The molecule has 1 fully saturated rings. The van der Waals surface area contributed by atoms with E-state index in [0.29, 0.717) is 11.7 Å². The summed E-state index contributed by atoms with van der Waals surface area (Å²) in [7, 11) is 1.97. The Morgan fingerprint density at radius 1 is 1.39 bits per heavy atom. The number of rotatable bonds is 4. The zero-order valence-corrected chi connectivity index (χ0v) is 11.9. The van der Waals surface area contributed by atoms with Crippen molar-refractivity contribution in [1.82, 2.24) is 19.4 Å². The van der Waals surface area contributed by atoms with Gasteiger partial charge >= 0.3 is 0 Å². The number of hydrogen-bond donors (Lipinski definition) is 1. The minimum atomic E-state index is 0.170. The molecule has 1 aromatic rings. The minimum absolute atomic E-state index is 0.170. The second-order valence-corrected chi connectivity index (χ2v) is 5.11. The van der Waals surface area contributed by atoms with Gasteiger partial charge < -0.3 is 15.2 Å². The predicted octanol–water partition coefficient (Wildman–Crippen LogP) is 0.711. The second-order valence-electron chi connectivity index (χ2n) is 4.75. The molecule has 1 saturated heterocycles. The minimum Gasteiger partial charge on any atom is -0.335 e. The summed E-state index contributed by atoms with van der Waals surface area (Å²) in [4.78, 5) is 9.01. The van der Waals surface area contributed by atoms with Gasteiger partial charge in [-0.3, -0.25) is 4.90 Å². The molecule has 1 aromatic heterocycles. The average Bonchev–Trinajstić information content (AvgIpc) is 2.72. The normalized spacial score (nSPS) is 20.2. The van der Waals surface area contributed by atoms with Gasteiger partial charge in [-0.05, 0) is 6.54 Å². The monoisotopic (exact) mass is 271 g/mol. The molecule has 1 aliphatic heterocycles. The summed E-state index contributed by atoms with van der Waals surface area (Å²) in [5.41, 5.74) is 6.98. The van der Waals surface area contributed by atoms with Crippen molar-refractivity contribution in [1.29, 1.82) is 0 Å². The van der Waals surface area contributed by atoms with Crippen molar-refractivity contribution in [3.63, 3.8) is 0 Å². The Kier molecular flexibility index (Phi) is 4.61. The predicted molar refractivity (Wildman–Crippen MR) is 73.7 cm³/mol. The SMILES string of the molecule is CCN1CCN(C(CN)c2c(Cl)ncn2C)CC1. The number of hydrogen-bond acceptors (Lipinski definition) is 4. The molecule has 0 spiro atoms. The van der Waals surface area contributed by atoms with Crippen LogP contribution in [0.2, 0.25) is 5.15 Å². The second kappa shape index (κ2) is 6.02. The highest BCUT2D eigenvalue weighted by molar-refractivity contribution is 6.30. The molecular formula is C12H22ClN5. The maximum Gasteiger partial charge on any atom is 0.151 e. The quantitative estimate of drug-likeness (QED) is 0.876. The lowest BCUT2D eigenvalue weighted by atomic mass is 10.1. The van der Waals surface area contributed by atoms with Gasteiger partial charge in [-0.1, -0.05) is 18.5 Å². The Balaban J connectivity index is 2.10. The van der Waals surface area contributed by atoms with Gasteiger partial charge in [0.25, 0.3) is 0 Å². The van der Waals surface area contributed by atoms with E-state index in [1.54, 1.807) is 6.33 Å². The summed E-state index contributed by atoms with van der Waals surface area (Å²) in [6, 6.07) is 0.170. The number of piperazine rings is 1. The Labute approximate surface area is 114 Å². The molecule has 0 saturated carbocycles. The van der Waals surface area contributed by atoms with Crippen molar-refractivity contribution >= 4 is 11.6 Å². The summed E-state index contributed by atoms with van der Waals surface area (Å²) in [5, 5.41) is 0.575. The molecule has 0 amide bonds. The van der Waals surface area contributed by atoms with Gasteiger partial charge in [0.05, 0.1) is 18.1 Å². The molecule has 2 rings (SSSR count). The third-order valence-electron chi connectivity index (χ3n) is 3.77. The van der Waals surface area contributed by atoms with E-state index in [2.05, 4.69) is 21.7 Å². The first kappa shape index (κ1) is 13.8. The Morgan fingerprint density at radius 2 is 2.06 bits per heavy atom. The number of nitrogens with two attached hydrogens (primary N) is 1. The van der Waals surface area contributed by atoms with Crippen LogP contribution in [0.3, 0.4) is 0 Å². The van der Waals surface area contributed by atoms with Crippen LogP contribution < -0.4 is 5.73 Å². The molecule has 2 heterocycles. The fraction of sp³-hybridized carbons (Fsp3) is 0.750. The van der Waals surface area contributed by atoms with Gasteiger partial charge in [0.15, 0.2) is 5.15 Å². The van der Waals surface area contributed by atoms with E-state index in [4.69, 9.17) is 17.3 Å². The third-order valence-corrected chi connectivity index (χ3v) is 4.06. The van der Waals surface area contributed by atoms with Crippen molar-refractivity contribution in [2.75, 3.05) is 39.3 Å². The van der Waals surface area contributed by atoms with E-state index >= 15 is 0 Å². The van der Waals surface area contributed by atoms with Gasteiger partial charge in [0.2, 0.25) is 0 Å². The molecule has 6 heteroatoms. The lowest BCUT2D eigenvalue weighted by Gasteiger charge is -2.38. The Bertz CT molecular complexity index is 364. The van der Waals surface area contributed by atoms with Crippen LogP contribution in [-0.4, -0.2) is 58.6 Å². The molecular weight excluding hydrogens is 250 g/mol. The standard InChI is InChI=1S/C12H22ClN5/c1-3-17-4-6-18(7-5-17)10(8-14)11-12(13)15-9-16(11)2/h9-10H,3-8,14H2,1-2H3. The molecule has 0 aromatic carbocycles. The largest absolute Gasteiger partial charge is 0.335 e. The molecule has 18 heavy (non-hydrogen) atoms. The van der Waals surface area contributed by atoms with E-state index < -0.39 is 0 Å². The van der Waals surface area contributed by atoms with Gasteiger partial charge in [-0.2, -0.15) is 0 Å². The Hall–Kier alpha value is -0.620. The van der Waals surface area contributed by atoms with Crippen LogP contribution in [0.15, 0.2) is 6.33 Å². The molecule has 5 nitrogen and oxygen atoms in total. The molecule has 0 aliphatic carbocycles. The number of aromatic nitrogens is 2. The number of nitrogens with zero attached hydrogens (tertiary/aromatic N) is 4. The average molecular weight is 272 g/mol. The summed E-state index contributed by atoms with van der Waals surface area (Å²) >= 11 is 6.17. The zero-order valence-electron chi connectivity index (χ0n) is 11.1. The number of likely N-dealkylation sites (N-methyl/N-ethyl adjacent to an activating group) is 1. The number of aryl methyl sites for hydroxylation is 1. The van der Waals surface area contributed by atoms with E-state index in [9.17, 15) is 0 Å². The highest BCUT2D eigenvalue weighted by atomic mass is 35.5. The molecule has 0 bridgehead atoms. The molecule has 0 radical (unpaired) electrons. The van der Waals surface area contributed by atoms with Crippen molar-refractivity contribution < 1.29 is 0 Å². The van der Waals surface area contributed by atoms with E-state index in [1.165, 1.54) is 0 Å². The van der Waals surface area contributed by atoms with Gasteiger partial charge in [-0.25, -0.2) is 4.98 Å². The fourth-order valence-electron chi connectivity index (χ4n) is 2.61. The number of imidazole rings is 1. The van der Waals surface area contributed by atoms with E-state index in [1.807, 2.05) is 11.6 Å². The zero-order chi connectivity index (χ0) is 13.1. The maximum atomic E-state index is 6.17. The first-order chi connectivity index (χ1) is 8.67. The van der Waals surface area contributed by atoms with Crippen molar-refractivity contribution in [3.8, 4) is 0 Å². The van der Waals surface area contributed by atoms with Crippen molar-refractivity contribution in [3.05, 3.63) is 17.2 Å². The van der Waals surface area contributed by atoms with Crippen LogP contribution in [0.1, 0.15) is 18.7 Å². The molecule has 1 aliphatic rings. The number of halogens is 1. The fourth-order valence-corrected chi connectivity index (χ4v) is 2.91. The molecule has 1 unspecified atom stereocenters. The highest BCUT2D eigenvalue weighted by Gasteiger charge is 2.27. The summed E-state index contributed by atoms with van der Waals surface area (Å²) in [5.74, 6) is 0. The topological polar surface area (TPSA) is 50.3 Å². The van der Waals surface area contributed by atoms with Crippen LogP contribution in [-0.2, 0) is 7.05 Å². The van der Waals surface area contributed by atoms with E-state index in [0.717, 1.165) is 38.4 Å². The van der Waals surface area contributed by atoms with Gasteiger partial charge in [0, 0.05) is 39.8 Å². The molecule has 102 valence electrons. The maximum absolute atomic E-state index is 6.17. The third kappa shape index (κ3) is 2.69. The van der Waals surface area contributed by atoms with Gasteiger partial charge in [-0.15, -0.1) is 0 Å². The lowest BCUT2D eigenvalue weighted by molar-refractivity contribution is 0.0992. The van der Waals surface area contributed by atoms with Crippen LogP contribution in [0.5, 0.6) is 0 Å². The summed E-state index contributed by atoms with van der Waals surface area (Å²) in [6.45, 7) is 8.17. The van der Waals surface area contributed by atoms with Crippen LogP contribution >= 0.6 is 11.6 Å². The van der Waals surface area contributed by atoms with Crippen LogP contribution in [0.25, 0.3) is 0 Å². The van der Waals surface area contributed by atoms with Crippen LogP contribution in [0, 0.1) is 0 Å². The summed E-state index contributed by atoms with van der Waals surface area (Å²) in [6.07, 6.45) is 1.75. The summed E-state index contributed by atoms with van der Waals surface area (Å²) < 4.78 is 1.98. The van der Waals surface area contributed by atoms with Crippen LogP contribution in [0.4, 0.5) is 0 Å². The lowest BCUT2D eigenvalue weighted by Crippen LogP contribution is -2.49. The van der Waals surface area contributed by atoms with Gasteiger partial charge in [0.1, 0.15) is 0 Å². The molecule has 2 N–H and O–H groups in total. The molecule has 1 atom stereocenters. The van der Waals surface area contributed by atoms with Crippen molar-refractivity contribution in [2.45, 2.75) is 13.0 Å². The smallest absolute Gasteiger partial charge is 0.151 e. The Morgan fingerprint density at radius 3 is 2.50 bits per heavy atom.